The summed E-state index contributed by atoms with van der Waals surface area (Å²) >= 11 is 0. The third kappa shape index (κ3) is 1.49. The Morgan fingerprint density at radius 2 is 2.00 bits per heavy atom. The molecule has 0 aliphatic heterocycles. The van der Waals surface area contributed by atoms with Crippen LogP contribution < -0.4 is 5.11 Å². The van der Waals surface area contributed by atoms with Crippen LogP contribution >= 0.6 is 0 Å². The molecule has 0 aromatic rings. The Kier molecular flexibility index (Phi) is 2.50. The third-order valence-electron chi connectivity index (χ3n) is 2.87. The van der Waals surface area contributed by atoms with Crippen LogP contribution in [0.4, 0.5) is 0 Å². The fourth-order valence-electron chi connectivity index (χ4n) is 1.71. The van der Waals surface area contributed by atoms with E-state index in [9.17, 15) is 14.7 Å². The fourth-order valence-corrected chi connectivity index (χ4v) is 1.71. The van der Waals surface area contributed by atoms with Gasteiger partial charge in [0.15, 0.2) is 0 Å². The first-order valence-electron chi connectivity index (χ1n) is 4.34. The Morgan fingerprint density at radius 3 is 2.33 bits per heavy atom. The molecule has 1 saturated carbocycles. The number of hydrogen-bond donors (Lipinski definition) is 0. The molecular weight excluding hydrogens is 156 g/mol. The zero-order chi connectivity index (χ0) is 9.19. The molecule has 68 valence electrons. The molecule has 1 rings (SSSR count). The van der Waals surface area contributed by atoms with E-state index in [1.807, 2.05) is 6.92 Å². The minimum atomic E-state index is -0.988. The van der Waals surface area contributed by atoms with Crippen molar-refractivity contribution < 1.29 is 14.7 Å². The van der Waals surface area contributed by atoms with Gasteiger partial charge in [0.25, 0.3) is 0 Å². The first kappa shape index (κ1) is 9.23. The highest BCUT2D eigenvalue weighted by atomic mass is 16.4. The van der Waals surface area contributed by atoms with Gasteiger partial charge < -0.3 is 9.90 Å². The third-order valence-corrected chi connectivity index (χ3v) is 2.87. The summed E-state index contributed by atoms with van der Waals surface area (Å²) in [4.78, 5) is 21.7. The van der Waals surface area contributed by atoms with E-state index in [4.69, 9.17) is 0 Å². The Balaban J connectivity index is 2.69. The van der Waals surface area contributed by atoms with E-state index in [1.165, 1.54) is 0 Å². The Labute approximate surface area is 71.8 Å². The van der Waals surface area contributed by atoms with Crippen molar-refractivity contribution in [2.75, 3.05) is 0 Å². The highest BCUT2D eigenvalue weighted by Crippen LogP contribution is 2.37. The minimum Gasteiger partial charge on any atom is -0.550 e. The van der Waals surface area contributed by atoms with Crippen LogP contribution in [0.5, 0.6) is 0 Å². The Hall–Kier alpha value is -0.860. The van der Waals surface area contributed by atoms with Crippen LogP contribution in [0.1, 0.15) is 39.0 Å². The number of carboxylic acids is 1. The summed E-state index contributed by atoms with van der Waals surface area (Å²) in [6, 6.07) is 0. The number of carbonyl (C=O) groups excluding carboxylic acids is 2. The quantitative estimate of drug-likeness (QED) is 0.596. The molecule has 0 aromatic heterocycles. The number of rotatable bonds is 2. The van der Waals surface area contributed by atoms with Crippen molar-refractivity contribution in [1.82, 2.24) is 0 Å². The molecule has 0 radical (unpaired) electrons. The van der Waals surface area contributed by atoms with Gasteiger partial charge in [0, 0.05) is 24.2 Å². The average molecular weight is 169 g/mol. The van der Waals surface area contributed by atoms with Crippen molar-refractivity contribution in [3.05, 3.63) is 0 Å². The normalized spacial score (nSPS) is 22.2. The molecular formula is C9H13O3-. The zero-order valence-corrected chi connectivity index (χ0v) is 7.26. The van der Waals surface area contributed by atoms with Crippen LogP contribution in [-0.4, -0.2) is 11.8 Å². The molecule has 0 aromatic carbocycles. The lowest BCUT2D eigenvalue weighted by Gasteiger charge is -2.36. The molecule has 12 heavy (non-hydrogen) atoms. The monoisotopic (exact) mass is 169 g/mol. The summed E-state index contributed by atoms with van der Waals surface area (Å²) < 4.78 is 0. The van der Waals surface area contributed by atoms with E-state index in [-0.39, 0.29) is 5.78 Å². The molecule has 0 unspecified atom stereocenters. The van der Waals surface area contributed by atoms with Crippen LogP contribution in [0.3, 0.4) is 0 Å². The summed E-state index contributed by atoms with van der Waals surface area (Å²) in [6.45, 7) is 1.84. The number of carbonyl (C=O) groups is 2. The maximum atomic E-state index is 10.9. The van der Waals surface area contributed by atoms with Crippen LogP contribution in [0.2, 0.25) is 0 Å². The highest BCUT2D eigenvalue weighted by molar-refractivity contribution is 5.83. The lowest BCUT2D eigenvalue weighted by atomic mass is 9.72. The standard InChI is InChI=1S/C9H14O3/c1-2-9(8(11)12)5-3-7(10)4-6-9/h2-6H2,1H3,(H,11,12)/p-1. The van der Waals surface area contributed by atoms with Crippen molar-refractivity contribution in [2.24, 2.45) is 5.41 Å². The maximum Gasteiger partial charge on any atom is 0.132 e. The van der Waals surface area contributed by atoms with Gasteiger partial charge in [-0.15, -0.1) is 0 Å². The summed E-state index contributed by atoms with van der Waals surface area (Å²) in [5, 5.41) is 10.8. The number of aliphatic carboxylic acids is 1. The second-order valence-corrected chi connectivity index (χ2v) is 3.46. The summed E-state index contributed by atoms with van der Waals surface area (Å²) in [5.74, 6) is -0.808. The van der Waals surface area contributed by atoms with E-state index in [0.717, 1.165) is 0 Å². The molecule has 3 nitrogen and oxygen atoms in total. The number of carboxylic acid groups (broad SMARTS) is 1. The second kappa shape index (κ2) is 3.25. The molecule has 0 bridgehead atoms. The van der Waals surface area contributed by atoms with E-state index < -0.39 is 11.4 Å². The number of hydrogen-bond acceptors (Lipinski definition) is 3. The molecule has 0 spiro atoms. The average Bonchev–Trinajstić information content (AvgIpc) is 2.06. The summed E-state index contributed by atoms with van der Waals surface area (Å²) in [7, 11) is 0. The van der Waals surface area contributed by atoms with E-state index >= 15 is 0 Å². The molecule has 3 heteroatoms. The molecule has 0 saturated heterocycles. The summed E-state index contributed by atoms with van der Waals surface area (Å²) in [5.41, 5.74) is -0.714. The van der Waals surface area contributed by atoms with Crippen LogP contribution in [-0.2, 0) is 9.59 Å². The first-order chi connectivity index (χ1) is 5.60. The minimum absolute atomic E-state index is 0.181. The van der Waals surface area contributed by atoms with Gasteiger partial charge in [0.1, 0.15) is 5.78 Å². The van der Waals surface area contributed by atoms with Gasteiger partial charge in [-0.2, -0.15) is 0 Å². The van der Waals surface area contributed by atoms with Gasteiger partial charge in [-0.05, 0) is 19.3 Å². The molecule has 0 N–H and O–H groups in total. The summed E-state index contributed by atoms with van der Waals surface area (Å²) in [6.07, 6.45) is 2.31. The predicted molar refractivity (Wildman–Crippen MR) is 41.2 cm³/mol. The molecule has 0 heterocycles. The van der Waals surface area contributed by atoms with Gasteiger partial charge in [-0.1, -0.05) is 6.92 Å². The van der Waals surface area contributed by atoms with E-state index in [1.54, 1.807) is 0 Å². The highest BCUT2D eigenvalue weighted by Gasteiger charge is 2.34. The first-order valence-corrected chi connectivity index (χ1v) is 4.34. The molecule has 0 atom stereocenters. The van der Waals surface area contributed by atoms with Crippen LogP contribution in [0, 0.1) is 5.41 Å². The van der Waals surface area contributed by atoms with Gasteiger partial charge in [-0.25, -0.2) is 0 Å². The maximum absolute atomic E-state index is 10.9. The molecule has 1 aliphatic rings. The van der Waals surface area contributed by atoms with E-state index in [2.05, 4.69) is 0 Å². The van der Waals surface area contributed by atoms with Crippen molar-refractivity contribution >= 4 is 11.8 Å². The zero-order valence-electron chi connectivity index (χ0n) is 7.26. The fraction of sp³-hybridized carbons (Fsp3) is 0.778. The van der Waals surface area contributed by atoms with Gasteiger partial charge in [-0.3, -0.25) is 4.79 Å². The van der Waals surface area contributed by atoms with Crippen molar-refractivity contribution in [1.29, 1.82) is 0 Å². The lowest BCUT2D eigenvalue weighted by molar-refractivity contribution is -0.320. The lowest BCUT2D eigenvalue weighted by Crippen LogP contribution is -2.44. The SMILES string of the molecule is CCC1(C(=O)[O-])CCC(=O)CC1. The van der Waals surface area contributed by atoms with Crippen LogP contribution in [0.25, 0.3) is 0 Å². The molecule has 0 amide bonds. The number of ketones is 1. The van der Waals surface area contributed by atoms with Crippen molar-refractivity contribution in [3.8, 4) is 0 Å². The van der Waals surface area contributed by atoms with Crippen molar-refractivity contribution in [3.63, 3.8) is 0 Å². The predicted octanol–water partition coefficient (Wildman–Crippen LogP) is 0.276. The Bertz CT molecular complexity index is 198. The van der Waals surface area contributed by atoms with Gasteiger partial charge in [0.2, 0.25) is 0 Å². The van der Waals surface area contributed by atoms with E-state index in [0.29, 0.717) is 32.1 Å². The number of Topliss-reactive ketones (excluding diaryl/α,β-unsaturated/α-hetero) is 1. The second-order valence-electron chi connectivity index (χ2n) is 3.46. The molecule has 1 aliphatic carbocycles. The largest absolute Gasteiger partial charge is 0.550 e. The van der Waals surface area contributed by atoms with Crippen LogP contribution in [0.15, 0.2) is 0 Å². The van der Waals surface area contributed by atoms with Gasteiger partial charge in [0.05, 0.1) is 0 Å². The molecule has 1 fully saturated rings. The topological polar surface area (TPSA) is 57.2 Å². The Morgan fingerprint density at radius 1 is 1.50 bits per heavy atom. The smallest absolute Gasteiger partial charge is 0.132 e. The van der Waals surface area contributed by atoms with Gasteiger partial charge >= 0.3 is 0 Å². The van der Waals surface area contributed by atoms with Crippen molar-refractivity contribution in [2.45, 2.75) is 39.0 Å².